The molecule has 1 saturated heterocycles. The van der Waals surface area contributed by atoms with Crippen molar-refractivity contribution in [3.05, 3.63) is 17.1 Å². The van der Waals surface area contributed by atoms with Gasteiger partial charge < -0.3 is 10.4 Å². The molecular weight excluding hydrogens is 184 g/mol. The predicted molar refractivity (Wildman–Crippen MR) is 52.8 cm³/mol. The number of hydrogen-bond donors (Lipinski definition) is 2. The number of aliphatic hydroxyl groups excluding tert-OH is 1. The third-order valence-electron chi connectivity index (χ3n) is 2.54. The molecule has 0 spiro atoms. The normalized spacial score (nSPS) is 24.8. The fourth-order valence-corrected chi connectivity index (χ4v) is 2.35. The van der Waals surface area contributed by atoms with Crippen LogP contribution in [0.3, 0.4) is 0 Å². The third kappa shape index (κ3) is 2.27. The van der Waals surface area contributed by atoms with E-state index >= 15 is 0 Å². The van der Waals surface area contributed by atoms with Gasteiger partial charge in [-0.2, -0.15) is 0 Å². The van der Waals surface area contributed by atoms with Crippen LogP contribution in [-0.2, 0) is 6.42 Å². The minimum Gasteiger partial charge on any atom is -0.392 e. The summed E-state index contributed by atoms with van der Waals surface area (Å²) in [6.07, 6.45) is 3.45. The van der Waals surface area contributed by atoms with Crippen molar-refractivity contribution in [2.75, 3.05) is 13.1 Å². The maximum Gasteiger partial charge on any atom is 0.0629 e. The van der Waals surface area contributed by atoms with Crippen molar-refractivity contribution in [2.24, 2.45) is 5.92 Å². The molecule has 0 radical (unpaired) electrons. The summed E-state index contributed by atoms with van der Waals surface area (Å²) in [5.74, 6) is 0.432. The molecule has 0 aliphatic carbocycles. The molecule has 4 heteroatoms. The van der Waals surface area contributed by atoms with Gasteiger partial charge in [-0.05, 0) is 36.5 Å². The van der Waals surface area contributed by atoms with Crippen molar-refractivity contribution in [3.63, 3.8) is 0 Å². The van der Waals surface area contributed by atoms with Crippen molar-refractivity contribution in [2.45, 2.75) is 18.9 Å². The van der Waals surface area contributed by atoms with E-state index in [1.165, 1.54) is 16.4 Å². The van der Waals surface area contributed by atoms with Crippen LogP contribution in [0, 0.1) is 5.92 Å². The monoisotopic (exact) mass is 198 g/mol. The van der Waals surface area contributed by atoms with Crippen LogP contribution in [0.4, 0.5) is 0 Å². The number of aromatic nitrogens is 1. The second-order valence-electron chi connectivity index (χ2n) is 3.50. The van der Waals surface area contributed by atoms with Crippen molar-refractivity contribution < 1.29 is 5.11 Å². The standard InChI is InChI=1S/C9H14N2OS/c12-9(7-1-3-10-6-7)5-8-2-4-11-13-8/h2,4,7,9-10,12H,1,3,5-6H2/t7-,9?/m0/s1. The van der Waals surface area contributed by atoms with Gasteiger partial charge in [-0.15, -0.1) is 0 Å². The van der Waals surface area contributed by atoms with E-state index in [0.29, 0.717) is 5.92 Å². The highest BCUT2D eigenvalue weighted by molar-refractivity contribution is 7.05. The zero-order valence-corrected chi connectivity index (χ0v) is 8.26. The van der Waals surface area contributed by atoms with E-state index in [0.717, 1.165) is 25.9 Å². The first kappa shape index (κ1) is 9.12. The number of nitrogens with zero attached hydrogens (tertiary/aromatic N) is 1. The van der Waals surface area contributed by atoms with Gasteiger partial charge in [0, 0.05) is 24.0 Å². The fraction of sp³-hybridized carbons (Fsp3) is 0.667. The van der Waals surface area contributed by atoms with E-state index in [4.69, 9.17) is 0 Å². The topological polar surface area (TPSA) is 45.2 Å². The second kappa shape index (κ2) is 4.17. The summed E-state index contributed by atoms with van der Waals surface area (Å²) in [6.45, 7) is 2.00. The molecule has 1 aliphatic heterocycles. The van der Waals surface area contributed by atoms with Gasteiger partial charge in [-0.1, -0.05) is 0 Å². The lowest BCUT2D eigenvalue weighted by Gasteiger charge is -2.15. The summed E-state index contributed by atoms with van der Waals surface area (Å²) in [4.78, 5) is 1.18. The largest absolute Gasteiger partial charge is 0.392 e. The summed E-state index contributed by atoms with van der Waals surface area (Å²) in [6, 6.07) is 1.98. The molecule has 1 aromatic heterocycles. The molecule has 2 atom stereocenters. The Balaban J connectivity index is 1.87. The Morgan fingerprint density at radius 2 is 2.69 bits per heavy atom. The van der Waals surface area contributed by atoms with E-state index < -0.39 is 0 Å². The maximum atomic E-state index is 9.86. The minimum absolute atomic E-state index is 0.199. The van der Waals surface area contributed by atoms with Crippen LogP contribution in [0.15, 0.2) is 12.3 Å². The summed E-state index contributed by atoms with van der Waals surface area (Å²) >= 11 is 1.48. The fourth-order valence-electron chi connectivity index (χ4n) is 1.73. The molecule has 0 bridgehead atoms. The van der Waals surface area contributed by atoms with Crippen LogP contribution in [-0.4, -0.2) is 28.7 Å². The molecule has 0 saturated carbocycles. The Morgan fingerprint density at radius 1 is 1.77 bits per heavy atom. The third-order valence-corrected chi connectivity index (χ3v) is 3.31. The molecule has 2 rings (SSSR count). The zero-order valence-electron chi connectivity index (χ0n) is 7.44. The van der Waals surface area contributed by atoms with Gasteiger partial charge in [0.05, 0.1) is 6.10 Å². The number of hydrogen-bond acceptors (Lipinski definition) is 4. The second-order valence-corrected chi connectivity index (χ2v) is 4.42. The summed E-state index contributed by atoms with van der Waals surface area (Å²) < 4.78 is 4.02. The molecule has 3 nitrogen and oxygen atoms in total. The van der Waals surface area contributed by atoms with Crippen molar-refractivity contribution in [3.8, 4) is 0 Å². The lowest BCUT2D eigenvalue weighted by Crippen LogP contribution is -2.24. The Hall–Kier alpha value is -0.450. The Kier molecular flexibility index (Phi) is 2.93. The van der Waals surface area contributed by atoms with Crippen LogP contribution >= 0.6 is 11.5 Å². The Bertz CT molecular complexity index is 244. The first-order valence-corrected chi connectivity index (χ1v) is 5.42. The van der Waals surface area contributed by atoms with Gasteiger partial charge in [-0.25, -0.2) is 4.37 Å². The molecule has 0 aromatic carbocycles. The van der Waals surface area contributed by atoms with Gasteiger partial charge in [0.15, 0.2) is 0 Å². The lowest BCUT2D eigenvalue weighted by molar-refractivity contribution is 0.118. The van der Waals surface area contributed by atoms with Crippen LogP contribution in [0.5, 0.6) is 0 Å². The van der Waals surface area contributed by atoms with Crippen LogP contribution in [0.25, 0.3) is 0 Å². The van der Waals surface area contributed by atoms with E-state index in [1.54, 1.807) is 6.20 Å². The number of rotatable bonds is 3. The van der Waals surface area contributed by atoms with E-state index in [2.05, 4.69) is 9.69 Å². The molecule has 2 heterocycles. The quantitative estimate of drug-likeness (QED) is 0.750. The number of aliphatic hydroxyl groups is 1. The van der Waals surface area contributed by atoms with E-state index in [9.17, 15) is 5.11 Å². The van der Waals surface area contributed by atoms with Crippen LogP contribution < -0.4 is 5.32 Å². The molecule has 1 aliphatic rings. The summed E-state index contributed by atoms with van der Waals surface area (Å²) in [5.41, 5.74) is 0. The molecule has 1 unspecified atom stereocenters. The minimum atomic E-state index is -0.199. The van der Waals surface area contributed by atoms with Gasteiger partial charge in [0.25, 0.3) is 0 Å². The van der Waals surface area contributed by atoms with Crippen molar-refractivity contribution >= 4 is 11.5 Å². The van der Waals surface area contributed by atoms with E-state index in [1.807, 2.05) is 6.07 Å². The lowest BCUT2D eigenvalue weighted by atomic mass is 9.99. The van der Waals surface area contributed by atoms with E-state index in [-0.39, 0.29) is 6.10 Å². The average Bonchev–Trinajstić information content (AvgIpc) is 2.74. The first-order valence-electron chi connectivity index (χ1n) is 4.64. The molecule has 1 aromatic rings. The number of nitrogens with one attached hydrogen (secondary N) is 1. The molecule has 1 fully saturated rings. The van der Waals surface area contributed by atoms with Crippen molar-refractivity contribution in [1.29, 1.82) is 0 Å². The highest BCUT2D eigenvalue weighted by Gasteiger charge is 2.23. The predicted octanol–water partition coefficient (Wildman–Crippen LogP) is 0.656. The van der Waals surface area contributed by atoms with Gasteiger partial charge in [0.2, 0.25) is 0 Å². The highest BCUT2D eigenvalue weighted by Crippen LogP contribution is 2.18. The molecule has 72 valence electrons. The van der Waals surface area contributed by atoms with Gasteiger partial charge in [-0.3, -0.25) is 0 Å². The van der Waals surface area contributed by atoms with Crippen LogP contribution in [0.1, 0.15) is 11.3 Å². The molecule has 13 heavy (non-hydrogen) atoms. The molecule has 0 amide bonds. The van der Waals surface area contributed by atoms with Crippen LogP contribution in [0.2, 0.25) is 0 Å². The van der Waals surface area contributed by atoms with Gasteiger partial charge in [0.1, 0.15) is 0 Å². The average molecular weight is 198 g/mol. The van der Waals surface area contributed by atoms with Gasteiger partial charge >= 0.3 is 0 Å². The maximum absolute atomic E-state index is 9.86. The highest BCUT2D eigenvalue weighted by atomic mass is 32.1. The SMILES string of the molecule is OC(Cc1ccns1)[C@H]1CCNC1. The first-order chi connectivity index (χ1) is 6.36. The summed E-state index contributed by atoms with van der Waals surface area (Å²) in [7, 11) is 0. The molecular formula is C9H14N2OS. The van der Waals surface area contributed by atoms with Crippen molar-refractivity contribution in [1.82, 2.24) is 9.69 Å². The Labute approximate surface area is 82.0 Å². The summed E-state index contributed by atoms with van der Waals surface area (Å²) in [5, 5.41) is 13.1. The smallest absolute Gasteiger partial charge is 0.0629 e. The zero-order chi connectivity index (χ0) is 9.10. The Morgan fingerprint density at radius 3 is 3.31 bits per heavy atom. The molecule has 2 N–H and O–H groups in total.